The molecule has 0 saturated heterocycles. The summed E-state index contributed by atoms with van der Waals surface area (Å²) in [6, 6.07) is -0.0351. The molecule has 0 bridgehead atoms. The van der Waals surface area contributed by atoms with E-state index in [1.165, 1.54) is 0 Å². The summed E-state index contributed by atoms with van der Waals surface area (Å²) in [5, 5.41) is 11.5. The van der Waals surface area contributed by atoms with Crippen LogP contribution in [0.5, 0.6) is 0 Å². The van der Waals surface area contributed by atoms with E-state index in [9.17, 15) is 36.3 Å². The number of alkyl halides is 3. The molecular formula is C20H23F5N2O4. The van der Waals surface area contributed by atoms with E-state index in [0.29, 0.717) is 4.90 Å². The number of carboxylic acid groups (broad SMARTS) is 1. The lowest BCUT2D eigenvalue weighted by atomic mass is 9.84. The molecular weight excluding hydrogens is 427 g/mol. The van der Waals surface area contributed by atoms with E-state index < -0.39 is 75.8 Å². The van der Waals surface area contributed by atoms with Gasteiger partial charge in [-0.1, -0.05) is 6.92 Å². The zero-order valence-corrected chi connectivity index (χ0v) is 17.6. The summed E-state index contributed by atoms with van der Waals surface area (Å²) in [6.45, 7) is 6.21. The second-order valence-corrected chi connectivity index (χ2v) is 8.73. The highest BCUT2D eigenvalue weighted by atomic mass is 19.4. The van der Waals surface area contributed by atoms with Crippen LogP contribution in [0.2, 0.25) is 0 Å². The normalized spacial score (nSPS) is 16.8. The molecule has 1 aliphatic heterocycles. The van der Waals surface area contributed by atoms with E-state index in [0.717, 1.165) is 13.8 Å². The van der Waals surface area contributed by atoms with Gasteiger partial charge in [0.15, 0.2) is 0 Å². The molecule has 0 fully saturated rings. The number of carbonyl (C=O) groups excluding carboxylic acids is 2. The van der Waals surface area contributed by atoms with Gasteiger partial charge in [0.1, 0.15) is 18.2 Å². The van der Waals surface area contributed by atoms with Crippen molar-refractivity contribution in [3.05, 3.63) is 28.8 Å². The van der Waals surface area contributed by atoms with Crippen molar-refractivity contribution in [1.82, 2.24) is 5.32 Å². The average molecular weight is 450 g/mol. The Balaban J connectivity index is 2.41. The molecule has 2 rings (SSSR count). The van der Waals surface area contributed by atoms with Crippen molar-refractivity contribution >= 4 is 23.5 Å². The lowest BCUT2D eigenvalue weighted by Gasteiger charge is -2.33. The third kappa shape index (κ3) is 4.49. The Hall–Kier alpha value is -2.72. The fourth-order valence-corrected chi connectivity index (χ4v) is 3.54. The first-order valence-electron chi connectivity index (χ1n) is 9.35. The Kier molecular flexibility index (Phi) is 6.14. The number of benzene rings is 1. The van der Waals surface area contributed by atoms with Gasteiger partial charge in [-0.05, 0) is 39.7 Å². The molecule has 1 aliphatic rings. The first kappa shape index (κ1) is 24.5. The molecule has 6 nitrogen and oxygen atoms in total. The van der Waals surface area contributed by atoms with E-state index in [1.807, 2.05) is 0 Å². The number of nitrogens with one attached hydrogen (secondary N) is 1. The minimum atomic E-state index is -5.17. The number of carbonyl (C=O) groups is 3. The smallest absolute Gasteiger partial charge is 0.419 e. The Morgan fingerprint density at radius 3 is 2.26 bits per heavy atom. The zero-order chi connectivity index (χ0) is 24.1. The summed E-state index contributed by atoms with van der Waals surface area (Å²) >= 11 is 0. The topological polar surface area (TPSA) is 86.7 Å². The number of anilines is 1. The molecule has 0 spiro atoms. The second kappa shape index (κ2) is 7.76. The van der Waals surface area contributed by atoms with Crippen molar-refractivity contribution in [2.24, 2.45) is 5.92 Å². The van der Waals surface area contributed by atoms with Crippen LogP contribution in [0, 0.1) is 17.6 Å². The van der Waals surface area contributed by atoms with E-state index >= 15 is 0 Å². The van der Waals surface area contributed by atoms with Crippen molar-refractivity contribution in [2.75, 3.05) is 11.4 Å². The highest BCUT2D eigenvalue weighted by molar-refractivity contribution is 6.10. The molecule has 1 atom stereocenters. The van der Waals surface area contributed by atoms with Gasteiger partial charge in [-0.2, -0.15) is 13.2 Å². The molecule has 0 radical (unpaired) electrons. The van der Waals surface area contributed by atoms with E-state index in [1.54, 1.807) is 20.8 Å². The minimum Gasteiger partial charge on any atom is -0.481 e. The van der Waals surface area contributed by atoms with Gasteiger partial charge < -0.3 is 10.4 Å². The summed E-state index contributed by atoms with van der Waals surface area (Å²) in [5.41, 5.74) is -6.18. The number of aliphatic carboxylic acids is 1. The van der Waals surface area contributed by atoms with Gasteiger partial charge >= 0.3 is 12.1 Å². The number of hydrogen-bond acceptors (Lipinski definition) is 3. The number of nitrogens with zero attached hydrogens (tertiary/aromatic N) is 1. The van der Waals surface area contributed by atoms with Crippen LogP contribution in [0.3, 0.4) is 0 Å². The number of halogens is 5. The van der Waals surface area contributed by atoms with Crippen LogP contribution in [0.1, 0.15) is 52.2 Å². The highest BCUT2D eigenvalue weighted by Crippen LogP contribution is 2.47. The minimum absolute atomic E-state index is 0.0351. The number of fused-ring (bicyclic) bond motifs is 1. The quantitative estimate of drug-likeness (QED) is 0.649. The maximum atomic E-state index is 14.7. The average Bonchev–Trinajstić information content (AvgIpc) is 2.77. The summed E-state index contributed by atoms with van der Waals surface area (Å²) in [5.74, 6) is -6.59. The first-order valence-corrected chi connectivity index (χ1v) is 9.35. The Bertz CT molecular complexity index is 940. The third-order valence-corrected chi connectivity index (χ3v) is 5.65. The van der Waals surface area contributed by atoms with Gasteiger partial charge in [0.25, 0.3) is 0 Å². The zero-order valence-electron chi connectivity index (χ0n) is 17.6. The summed E-state index contributed by atoms with van der Waals surface area (Å²) in [6.07, 6.45) is -5.43. The molecule has 1 heterocycles. The molecule has 0 saturated carbocycles. The number of rotatable bonds is 6. The van der Waals surface area contributed by atoms with Crippen LogP contribution in [0.25, 0.3) is 0 Å². The predicted molar refractivity (Wildman–Crippen MR) is 100 cm³/mol. The maximum absolute atomic E-state index is 14.7. The van der Waals surface area contributed by atoms with Crippen LogP contribution >= 0.6 is 0 Å². The molecule has 2 amide bonds. The van der Waals surface area contributed by atoms with E-state index in [2.05, 4.69) is 5.32 Å². The number of amides is 2. The SMILES string of the molecule is C[C@@H](CC(=O)O)C(C)(C)NC(=O)CN1C(=O)C(C)(C)c2c(F)c(C(F)(F)F)cc(F)c21. The molecule has 0 aliphatic carbocycles. The molecule has 0 aromatic heterocycles. The summed E-state index contributed by atoms with van der Waals surface area (Å²) in [4.78, 5) is 36.9. The second-order valence-electron chi connectivity index (χ2n) is 8.73. The van der Waals surface area contributed by atoms with E-state index in [4.69, 9.17) is 5.11 Å². The van der Waals surface area contributed by atoms with Crippen LogP contribution < -0.4 is 10.2 Å². The lowest BCUT2D eigenvalue weighted by Crippen LogP contribution is -2.52. The molecule has 1 aromatic rings. The van der Waals surface area contributed by atoms with Gasteiger partial charge in [0.2, 0.25) is 11.8 Å². The predicted octanol–water partition coefficient (Wildman–Crippen LogP) is 3.61. The van der Waals surface area contributed by atoms with Gasteiger partial charge in [-0.25, -0.2) is 8.78 Å². The molecule has 31 heavy (non-hydrogen) atoms. The lowest BCUT2D eigenvalue weighted by molar-refractivity contribution is -0.140. The Labute approximate surface area is 175 Å². The van der Waals surface area contributed by atoms with Gasteiger partial charge in [-0.3, -0.25) is 19.3 Å². The maximum Gasteiger partial charge on any atom is 0.419 e. The van der Waals surface area contributed by atoms with Crippen molar-refractivity contribution in [1.29, 1.82) is 0 Å². The monoisotopic (exact) mass is 450 g/mol. The largest absolute Gasteiger partial charge is 0.481 e. The Morgan fingerprint density at radius 2 is 1.77 bits per heavy atom. The van der Waals surface area contributed by atoms with Crippen LogP contribution in [-0.4, -0.2) is 35.0 Å². The first-order chi connectivity index (χ1) is 13.9. The van der Waals surface area contributed by atoms with E-state index in [-0.39, 0.29) is 12.5 Å². The van der Waals surface area contributed by atoms with Gasteiger partial charge in [0, 0.05) is 11.1 Å². The third-order valence-electron chi connectivity index (χ3n) is 5.65. The van der Waals surface area contributed by atoms with Crippen molar-refractivity contribution in [3.8, 4) is 0 Å². The molecule has 1 aromatic carbocycles. The molecule has 0 unspecified atom stereocenters. The van der Waals surface area contributed by atoms with Crippen LogP contribution in [0.15, 0.2) is 6.07 Å². The van der Waals surface area contributed by atoms with Crippen LogP contribution in [0.4, 0.5) is 27.6 Å². The van der Waals surface area contributed by atoms with Crippen molar-refractivity contribution in [3.63, 3.8) is 0 Å². The standard InChI is InChI=1S/C20H23F5N2O4/c1-9(6-13(29)30)19(4,5)26-12(28)8-27-16-11(21)7-10(20(23,24)25)15(22)14(16)18(2,3)17(27)31/h7,9H,6,8H2,1-5H3,(H,26,28)(H,29,30)/t9-/m0/s1. The van der Waals surface area contributed by atoms with Gasteiger partial charge in [-0.15, -0.1) is 0 Å². The van der Waals surface area contributed by atoms with Crippen molar-refractivity contribution in [2.45, 2.75) is 58.2 Å². The summed E-state index contributed by atoms with van der Waals surface area (Å²) < 4.78 is 68.6. The van der Waals surface area contributed by atoms with Crippen LogP contribution in [-0.2, 0) is 26.0 Å². The van der Waals surface area contributed by atoms with Gasteiger partial charge in [0.05, 0.1) is 23.1 Å². The summed E-state index contributed by atoms with van der Waals surface area (Å²) in [7, 11) is 0. The molecule has 2 N–H and O–H groups in total. The fraction of sp³-hybridized carbons (Fsp3) is 0.550. The molecule has 172 valence electrons. The fourth-order valence-electron chi connectivity index (χ4n) is 3.54. The number of hydrogen-bond donors (Lipinski definition) is 2. The van der Waals surface area contributed by atoms with Crippen molar-refractivity contribution < 1.29 is 41.4 Å². The highest BCUT2D eigenvalue weighted by Gasteiger charge is 2.51. The molecule has 11 heteroatoms. The Morgan fingerprint density at radius 1 is 1.23 bits per heavy atom. The number of carboxylic acids is 1.